The molecule has 1 nitrogen and oxygen atoms in total. The lowest BCUT2D eigenvalue weighted by molar-refractivity contribution is 0.0575. The smallest absolute Gasteiger partial charge is 0.105 e. The number of aliphatic hydroxyl groups excluding tert-OH is 1. The summed E-state index contributed by atoms with van der Waals surface area (Å²) in [4.78, 5) is 0. The van der Waals surface area contributed by atoms with Gasteiger partial charge in [-0.3, -0.25) is 0 Å². The highest BCUT2D eigenvalue weighted by molar-refractivity contribution is 4.78. The third-order valence-corrected chi connectivity index (χ3v) is 1.56. The molecule has 0 bridgehead atoms. The Morgan fingerprint density at radius 1 is 1.57 bits per heavy atom. The van der Waals surface area contributed by atoms with Crippen LogP contribution in [0.5, 0.6) is 0 Å². The van der Waals surface area contributed by atoms with Crippen LogP contribution >= 0.6 is 0 Å². The average Bonchev–Trinajstić information content (AvgIpc) is 1.65. The van der Waals surface area contributed by atoms with E-state index in [0.717, 1.165) is 6.42 Å². The summed E-state index contributed by atoms with van der Waals surface area (Å²) in [6.45, 7) is 0.0289. The molecule has 0 amide bonds. The van der Waals surface area contributed by atoms with Crippen LogP contribution in [0.3, 0.4) is 0 Å². The Bertz CT molecular complexity index is 63.1. The molecule has 42 valence electrons. The fourth-order valence-corrected chi connectivity index (χ4v) is 0.734. The molecule has 0 aromatic carbocycles. The van der Waals surface area contributed by atoms with Crippen molar-refractivity contribution in [3.63, 3.8) is 0 Å². The maximum atomic E-state index is 12.0. The average molecular weight is 104 g/mol. The normalized spacial score (nSPS) is 40.3. The standard InChI is InChI=1S/C5H9FO/c6-5-2-1-4(5)3-7/h4-5,7H,1-3H2/t4-,5-/m1/s1. The molecule has 0 heterocycles. The molecule has 1 aliphatic carbocycles. The van der Waals surface area contributed by atoms with Gasteiger partial charge in [-0.15, -0.1) is 0 Å². The maximum Gasteiger partial charge on any atom is 0.105 e. The van der Waals surface area contributed by atoms with E-state index in [0.29, 0.717) is 6.42 Å². The molecule has 1 fully saturated rings. The fraction of sp³-hybridized carbons (Fsp3) is 1.00. The molecule has 0 aromatic rings. The van der Waals surface area contributed by atoms with Crippen molar-refractivity contribution in [2.45, 2.75) is 19.0 Å². The summed E-state index contributed by atoms with van der Waals surface area (Å²) >= 11 is 0. The van der Waals surface area contributed by atoms with Gasteiger partial charge in [-0.25, -0.2) is 4.39 Å². The van der Waals surface area contributed by atoms with Gasteiger partial charge in [0.1, 0.15) is 6.17 Å². The van der Waals surface area contributed by atoms with Crippen LogP contribution < -0.4 is 0 Å². The largest absolute Gasteiger partial charge is 0.396 e. The first kappa shape index (κ1) is 5.04. The molecule has 0 spiro atoms. The summed E-state index contributed by atoms with van der Waals surface area (Å²) in [6.07, 6.45) is 0.827. The molecular formula is C5H9FO. The Hall–Kier alpha value is -0.110. The van der Waals surface area contributed by atoms with Gasteiger partial charge < -0.3 is 5.11 Å². The van der Waals surface area contributed by atoms with Crippen molar-refractivity contribution in [3.8, 4) is 0 Å². The second-order valence-corrected chi connectivity index (χ2v) is 2.04. The van der Waals surface area contributed by atoms with E-state index in [-0.39, 0.29) is 12.5 Å². The van der Waals surface area contributed by atoms with Gasteiger partial charge in [0.25, 0.3) is 0 Å². The van der Waals surface area contributed by atoms with E-state index in [1.54, 1.807) is 0 Å². The SMILES string of the molecule is OC[C@H]1CC[C@H]1F. The van der Waals surface area contributed by atoms with Crippen molar-refractivity contribution in [2.24, 2.45) is 5.92 Å². The lowest BCUT2D eigenvalue weighted by Crippen LogP contribution is -2.29. The molecule has 1 rings (SSSR count). The van der Waals surface area contributed by atoms with E-state index in [4.69, 9.17) is 5.11 Å². The van der Waals surface area contributed by atoms with Gasteiger partial charge in [-0.2, -0.15) is 0 Å². The van der Waals surface area contributed by atoms with E-state index in [9.17, 15) is 4.39 Å². The minimum absolute atomic E-state index is 0.0278. The van der Waals surface area contributed by atoms with Gasteiger partial charge in [0.2, 0.25) is 0 Å². The zero-order chi connectivity index (χ0) is 5.28. The molecule has 2 atom stereocenters. The predicted octanol–water partition coefficient (Wildman–Crippen LogP) is 0.727. The topological polar surface area (TPSA) is 20.2 Å². The quantitative estimate of drug-likeness (QED) is 0.520. The summed E-state index contributed by atoms with van der Waals surface area (Å²) in [6, 6.07) is 0. The van der Waals surface area contributed by atoms with Crippen LogP contribution in [0.4, 0.5) is 4.39 Å². The Morgan fingerprint density at radius 2 is 2.29 bits per heavy atom. The van der Waals surface area contributed by atoms with E-state index in [2.05, 4.69) is 0 Å². The highest BCUT2D eigenvalue weighted by atomic mass is 19.1. The Kier molecular flexibility index (Phi) is 1.28. The Morgan fingerprint density at radius 3 is 2.29 bits per heavy atom. The van der Waals surface area contributed by atoms with Crippen LogP contribution in [0, 0.1) is 5.92 Å². The van der Waals surface area contributed by atoms with Gasteiger partial charge in [0.15, 0.2) is 0 Å². The molecule has 1 saturated carbocycles. The van der Waals surface area contributed by atoms with E-state index < -0.39 is 6.17 Å². The van der Waals surface area contributed by atoms with E-state index in [1.165, 1.54) is 0 Å². The minimum atomic E-state index is -0.704. The van der Waals surface area contributed by atoms with E-state index >= 15 is 0 Å². The highest BCUT2D eigenvalue weighted by Crippen LogP contribution is 2.29. The predicted molar refractivity (Wildman–Crippen MR) is 24.7 cm³/mol. The number of rotatable bonds is 1. The van der Waals surface area contributed by atoms with Crippen molar-refractivity contribution in [1.82, 2.24) is 0 Å². The number of alkyl halides is 1. The van der Waals surface area contributed by atoms with Crippen LogP contribution in [-0.2, 0) is 0 Å². The van der Waals surface area contributed by atoms with Crippen LogP contribution in [0.15, 0.2) is 0 Å². The number of hydrogen-bond donors (Lipinski definition) is 1. The van der Waals surface area contributed by atoms with E-state index in [1.807, 2.05) is 0 Å². The molecule has 7 heavy (non-hydrogen) atoms. The molecular weight excluding hydrogens is 95.1 g/mol. The Balaban J connectivity index is 2.16. The van der Waals surface area contributed by atoms with Crippen LogP contribution in [0.1, 0.15) is 12.8 Å². The molecule has 0 unspecified atom stereocenters. The Labute approximate surface area is 42.2 Å². The number of aliphatic hydroxyl groups is 1. The van der Waals surface area contributed by atoms with Crippen LogP contribution in [-0.4, -0.2) is 17.9 Å². The summed E-state index contributed by atoms with van der Waals surface area (Å²) in [5.41, 5.74) is 0. The lowest BCUT2D eigenvalue weighted by atomic mass is 9.84. The molecule has 0 aliphatic heterocycles. The molecule has 0 aromatic heterocycles. The lowest BCUT2D eigenvalue weighted by Gasteiger charge is -2.27. The molecule has 0 saturated heterocycles. The second-order valence-electron chi connectivity index (χ2n) is 2.04. The van der Waals surface area contributed by atoms with Gasteiger partial charge >= 0.3 is 0 Å². The number of halogens is 1. The third kappa shape index (κ3) is 0.752. The summed E-state index contributed by atoms with van der Waals surface area (Å²) in [7, 11) is 0. The maximum absolute atomic E-state index is 12.0. The van der Waals surface area contributed by atoms with Crippen molar-refractivity contribution < 1.29 is 9.50 Å². The summed E-state index contributed by atoms with van der Waals surface area (Å²) in [5.74, 6) is -0.0278. The first-order valence-corrected chi connectivity index (χ1v) is 2.59. The number of hydrogen-bond acceptors (Lipinski definition) is 1. The third-order valence-electron chi connectivity index (χ3n) is 1.56. The second kappa shape index (κ2) is 1.78. The zero-order valence-corrected chi connectivity index (χ0v) is 4.10. The van der Waals surface area contributed by atoms with Crippen molar-refractivity contribution >= 4 is 0 Å². The van der Waals surface area contributed by atoms with Gasteiger partial charge in [0.05, 0.1) is 0 Å². The summed E-state index contributed by atoms with van der Waals surface area (Å²) < 4.78 is 12.0. The van der Waals surface area contributed by atoms with Crippen molar-refractivity contribution in [1.29, 1.82) is 0 Å². The van der Waals surface area contributed by atoms with Crippen molar-refractivity contribution in [3.05, 3.63) is 0 Å². The van der Waals surface area contributed by atoms with Crippen LogP contribution in [0.2, 0.25) is 0 Å². The van der Waals surface area contributed by atoms with Crippen LogP contribution in [0.25, 0.3) is 0 Å². The molecule has 2 heteroatoms. The molecule has 1 aliphatic rings. The molecule has 0 radical (unpaired) electrons. The van der Waals surface area contributed by atoms with Gasteiger partial charge in [-0.05, 0) is 12.8 Å². The fourth-order valence-electron chi connectivity index (χ4n) is 0.734. The van der Waals surface area contributed by atoms with Gasteiger partial charge in [-0.1, -0.05) is 0 Å². The zero-order valence-electron chi connectivity index (χ0n) is 4.10. The first-order chi connectivity index (χ1) is 3.34. The monoisotopic (exact) mass is 104 g/mol. The minimum Gasteiger partial charge on any atom is -0.396 e. The van der Waals surface area contributed by atoms with Crippen molar-refractivity contribution in [2.75, 3.05) is 6.61 Å². The first-order valence-electron chi connectivity index (χ1n) is 2.59. The highest BCUT2D eigenvalue weighted by Gasteiger charge is 2.29. The molecule has 1 N–H and O–H groups in total. The van der Waals surface area contributed by atoms with Gasteiger partial charge in [0, 0.05) is 12.5 Å². The summed E-state index contributed by atoms with van der Waals surface area (Å²) in [5, 5.41) is 8.32.